The number of nitrogens with zero attached hydrogens (tertiary/aromatic N) is 2. The molecule has 2 heterocycles. The maximum atomic E-state index is 5.88. The molecule has 0 bridgehead atoms. The summed E-state index contributed by atoms with van der Waals surface area (Å²) in [5.41, 5.74) is 5.88. The predicted octanol–water partition coefficient (Wildman–Crippen LogP) is 2.31. The molecule has 1 aliphatic carbocycles. The molecular weight excluding hydrogens is 218 g/mol. The first-order chi connectivity index (χ1) is 8.33. The minimum Gasteiger partial charge on any atom is -0.461 e. The molecule has 0 atom stereocenters. The molecule has 2 N–H and O–H groups in total. The topological polar surface area (TPSA) is 78.1 Å². The summed E-state index contributed by atoms with van der Waals surface area (Å²) in [7, 11) is 0. The quantitative estimate of drug-likeness (QED) is 0.861. The van der Waals surface area contributed by atoms with Gasteiger partial charge < -0.3 is 14.7 Å². The second-order valence-corrected chi connectivity index (χ2v) is 4.55. The van der Waals surface area contributed by atoms with Gasteiger partial charge in [0.25, 0.3) is 0 Å². The van der Waals surface area contributed by atoms with E-state index in [0.29, 0.717) is 29.4 Å². The third kappa shape index (κ3) is 2.10. The zero-order chi connectivity index (χ0) is 11.7. The largest absolute Gasteiger partial charge is 0.461 e. The first kappa shape index (κ1) is 10.5. The molecule has 0 radical (unpaired) electrons. The van der Waals surface area contributed by atoms with Crippen molar-refractivity contribution in [3.8, 4) is 11.6 Å². The fraction of sp³-hybridized carbons (Fsp3) is 0.500. The van der Waals surface area contributed by atoms with Crippen molar-refractivity contribution in [2.24, 2.45) is 5.73 Å². The molecule has 90 valence electrons. The molecule has 5 heteroatoms. The molecule has 0 aromatic carbocycles. The minimum absolute atomic E-state index is 0.332. The Bertz CT molecular complexity index is 470. The summed E-state index contributed by atoms with van der Waals surface area (Å²) < 4.78 is 10.5. The van der Waals surface area contributed by atoms with Crippen LogP contribution in [0.25, 0.3) is 11.6 Å². The van der Waals surface area contributed by atoms with E-state index in [-0.39, 0.29) is 0 Å². The monoisotopic (exact) mass is 233 g/mol. The zero-order valence-corrected chi connectivity index (χ0v) is 9.50. The standard InChI is InChI=1S/C12H15N3O2/c13-9-5-3-8(4-6-9)12-14-11(15-17-12)10-2-1-7-16-10/h1-2,7-9H,3-6,13H2. The average Bonchev–Trinajstić information content (AvgIpc) is 3.00. The Kier molecular flexibility index (Phi) is 2.68. The van der Waals surface area contributed by atoms with Crippen LogP contribution in [0.4, 0.5) is 0 Å². The van der Waals surface area contributed by atoms with Crippen molar-refractivity contribution in [3.63, 3.8) is 0 Å². The summed E-state index contributed by atoms with van der Waals surface area (Å²) in [5, 5.41) is 3.94. The van der Waals surface area contributed by atoms with E-state index < -0.39 is 0 Å². The Balaban J connectivity index is 1.76. The van der Waals surface area contributed by atoms with Crippen LogP contribution in [-0.2, 0) is 0 Å². The number of rotatable bonds is 2. The Hall–Kier alpha value is -1.62. The first-order valence-electron chi connectivity index (χ1n) is 5.96. The van der Waals surface area contributed by atoms with Crippen molar-refractivity contribution >= 4 is 0 Å². The fourth-order valence-electron chi connectivity index (χ4n) is 2.27. The van der Waals surface area contributed by atoms with Crippen LogP contribution in [0.2, 0.25) is 0 Å². The van der Waals surface area contributed by atoms with Crippen LogP contribution >= 0.6 is 0 Å². The third-order valence-corrected chi connectivity index (χ3v) is 3.30. The van der Waals surface area contributed by atoms with Gasteiger partial charge in [-0.25, -0.2) is 0 Å². The van der Waals surface area contributed by atoms with Crippen LogP contribution in [0.15, 0.2) is 27.3 Å². The van der Waals surface area contributed by atoms with Gasteiger partial charge in [0.1, 0.15) is 0 Å². The van der Waals surface area contributed by atoms with Crippen molar-refractivity contribution in [3.05, 3.63) is 24.3 Å². The van der Waals surface area contributed by atoms with Gasteiger partial charge in [-0.1, -0.05) is 5.16 Å². The SMILES string of the molecule is NC1CCC(c2nc(-c3ccco3)no2)CC1. The van der Waals surface area contributed by atoms with Gasteiger partial charge in [-0.05, 0) is 37.8 Å². The average molecular weight is 233 g/mol. The predicted molar refractivity (Wildman–Crippen MR) is 61.2 cm³/mol. The highest BCUT2D eigenvalue weighted by atomic mass is 16.5. The van der Waals surface area contributed by atoms with Gasteiger partial charge >= 0.3 is 0 Å². The number of aromatic nitrogens is 2. The van der Waals surface area contributed by atoms with Gasteiger partial charge in [0, 0.05) is 12.0 Å². The van der Waals surface area contributed by atoms with E-state index in [2.05, 4.69) is 10.1 Å². The molecular formula is C12H15N3O2. The van der Waals surface area contributed by atoms with Crippen LogP contribution in [0.5, 0.6) is 0 Å². The highest BCUT2D eigenvalue weighted by Crippen LogP contribution is 2.32. The molecule has 1 aliphatic rings. The molecule has 2 aromatic rings. The Morgan fingerprint density at radius 1 is 1.24 bits per heavy atom. The summed E-state index contributed by atoms with van der Waals surface area (Å²) >= 11 is 0. The van der Waals surface area contributed by atoms with E-state index in [0.717, 1.165) is 25.7 Å². The molecule has 1 saturated carbocycles. The Morgan fingerprint density at radius 2 is 2.06 bits per heavy atom. The highest BCUT2D eigenvalue weighted by molar-refractivity contribution is 5.44. The minimum atomic E-state index is 0.332. The lowest BCUT2D eigenvalue weighted by atomic mass is 9.86. The molecule has 0 spiro atoms. The molecule has 1 fully saturated rings. The van der Waals surface area contributed by atoms with Crippen LogP contribution in [-0.4, -0.2) is 16.2 Å². The van der Waals surface area contributed by atoms with Gasteiger partial charge in [0.15, 0.2) is 5.76 Å². The van der Waals surface area contributed by atoms with Crippen molar-refractivity contribution in [1.82, 2.24) is 10.1 Å². The Morgan fingerprint density at radius 3 is 2.76 bits per heavy atom. The van der Waals surface area contributed by atoms with Crippen molar-refractivity contribution in [2.75, 3.05) is 0 Å². The van der Waals surface area contributed by atoms with Gasteiger partial charge in [-0.3, -0.25) is 0 Å². The number of hydrogen-bond donors (Lipinski definition) is 1. The molecule has 0 amide bonds. The van der Waals surface area contributed by atoms with Crippen LogP contribution < -0.4 is 5.73 Å². The van der Waals surface area contributed by atoms with E-state index in [1.165, 1.54) is 0 Å². The lowest BCUT2D eigenvalue weighted by Crippen LogP contribution is -2.25. The van der Waals surface area contributed by atoms with Gasteiger partial charge in [-0.2, -0.15) is 4.98 Å². The highest BCUT2D eigenvalue weighted by Gasteiger charge is 2.25. The van der Waals surface area contributed by atoms with E-state index in [4.69, 9.17) is 14.7 Å². The van der Waals surface area contributed by atoms with Crippen LogP contribution in [0.3, 0.4) is 0 Å². The summed E-state index contributed by atoms with van der Waals surface area (Å²) in [5.74, 6) is 2.24. The van der Waals surface area contributed by atoms with Gasteiger partial charge in [0.05, 0.1) is 6.26 Å². The van der Waals surface area contributed by atoms with Crippen molar-refractivity contribution in [1.29, 1.82) is 0 Å². The Labute approximate surface area is 99.0 Å². The lowest BCUT2D eigenvalue weighted by Gasteiger charge is -2.22. The van der Waals surface area contributed by atoms with Crippen molar-refractivity contribution in [2.45, 2.75) is 37.6 Å². The lowest BCUT2D eigenvalue weighted by molar-refractivity contribution is 0.301. The maximum Gasteiger partial charge on any atom is 0.238 e. The molecule has 5 nitrogen and oxygen atoms in total. The molecule has 17 heavy (non-hydrogen) atoms. The van der Waals surface area contributed by atoms with Gasteiger partial charge in [-0.15, -0.1) is 0 Å². The van der Waals surface area contributed by atoms with Crippen LogP contribution in [0.1, 0.15) is 37.5 Å². The first-order valence-corrected chi connectivity index (χ1v) is 5.96. The summed E-state index contributed by atoms with van der Waals surface area (Å²) in [6, 6.07) is 3.97. The molecule has 0 unspecified atom stereocenters. The van der Waals surface area contributed by atoms with Crippen molar-refractivity contribution < 1.29 is 8.94 Å². The fourth-order valence-corrected chi connectivity index (χ4v) is 2.27. The zero-order valence-electron chi connectivity index (χ0n) is 9.50. The summed E-state index contributed by atoms with van der Waals surface area (Å²) in [4.78, 5) is 4.39. The molecule has 2 aromatic heterocycles. The number of nitrogens with two attached hydrogens (primary N) is 1. The second-order valence-electron chi connectivity index (χ2n) is 4.55. The van der Waals surface area contributed by atoms with E-state index in [9.17, 15) is 0 Å². The molecule has 0 aliphatic heterocycles. The number of hydrogen-bond acceptors (Lipinski definition) is 5. The smallest absolute Gasteiger partial charge is 0.238 e. The van der Waals surface area contributed by atoms with Crippen LogP contribution in [0, 0.1) is 0 Å². The summed E-state index contributed by atoms with van der Waals surface area (Å²) in [6.45, 7) is 0. The summed E-state index contributed by atoms with van der Waals surface area (Å²) in [6.07, 6.45) is 5.72. The molecule has 0 saturated heterocycles. The third-order valence-electron chi connectivity index (χ3n) is 3.30. The number of furan rings is 1. The normalized spacial score (nSPS) is 25.0. The van der Waals surface area contributed by atoms with E-state index in [1.54, 1.807) is 6.26 Å². The van der Waals surface area contributed by atoms with E-state index in [1.807, 2.05) is 12.1 Å². The molecule has 3 rings (SSSR count). The van der Waals surface area contributed by atoms with Gasteiger partial charge in [0.2, 0.25) is 11.7 Å². The maximum absolute atomic E-state index is 5.88. The van der Waals surface area contributed by atoms with E-state index >= 15 is 0 Å². The second kappa shape index (κ2) is 4.33.